The minimum atomic E-state index is -1.32. The fourth-order valence-electron chi connectivity index (χ4n) is 0.261. The van der Waals surface area contributed by atoms with Crippen molar-refractivity contribution in [3.8, 4) is 0 Å². The monoisotopic (exact) mass is 302 g/mol. The van der Waals surface area contributed by atoms with Gasteiger partial charge in [-0.1, -0.05) is 31.9 Å². The number of rotatable bonds is 2. The highest BCUT2D eigenvalue weighted by atomic mass is 79.9. The third-order valence-electron chi connectivity index (χ3n) is 0.613. The molecule has 0 heterocycles. The van der Waals surface area contributed by atoms with Gasteiger partial charge in [-0.05, 0) is 0 Å². The first kappa shape index (κ1) is 11.6. The van der Waals surface area contributed by atoms with Crippen LogP contribution in [0, 0.1) is 0 Å². The molecule has 12 heavy (non-hydrogen) atoms. The van der Waals surface area contributed by atoms with Crippen molar-refractivity contribution in [2.75, 3.05) is 10.7 Å². The number of hydrogen-bond donors (Lipinski definition) is 0. The molecule has 7 heteroatoms. The summed E-state index contributed by atoms with van der Waals surface area (Å²) >= 11 is 5.50. The van der Waals surface area contributed by atoms with Crippen LogP contribution in [0.3, 0.4) is 0 Å². The van der Waals surface area contributed by atoms with Crippen molar-refractivity contribution < 1.29 is 23.9 Å². The van der Waals surface area contributed by atoms with Crippen LogP contribution in [0.25, 0.3) is 0 Å². The Balaban J connectivity index is 3.74. The molecule has 0 N–H and O–H groups in total. The largest absolute Gasteiger partial charge is 0.524 e. The maximum Gasteiger partial charge on any atom is 0.524 e. The molecular weight excluding hydrogens is 300 g/mol. The number of alkyl halides is 2. The first-order chi connectivity index (χ1) is 5.60. The van der Waals surface area contributed by atoms with Gasteiger partial charge in [0, 0.05) is 0 Å². The van der Waals surface area contributed by atoms with E-state index in [1.165, 1.54) is 0 Å². The summed E-state index contributed by atoms with van der Waals surface area (Å²) in [5.74, 6) is -1.63. The zero-order valence-electron chi connectivity index (χ0n) is 5.71. The molecule has 0 saturated carbocycles. The van der Waals surface area contributed by atoms with E-state index in [-0.39, 0.29) is 10.7 Å². The van der Waals surface area contributed by atoms with E-state index in [9.17, 15) is 14.4 Å². The zero-order chi connectivity index (χ0) is 9.56. The van der Waals surface area contributed by atoms with Crippen molar-refractivity contribution in [1.82, 2.24) is 0 Å². The third-order valence-corrected chi connectivity index (χ3v) is 1.53. The molecule has 0 aliphatic heterocycles. The van der Waals surface area contributed by atoms with Gasteiger partial charge in [-0.15, -0.1) is 0 Å². The number of hydrogen-bond acceptors (Lipinski definition) is 5. The summed E-state index contributed by atoms with van der Waals surface area (Å²) in [5.41, 5.74) is 0. The van der Waals surface area contributed by atoms with Crippen LogP contribution in [0.1, 0.15) is 0 Å². The third kappa shape index (κ3) is 5.25. The molecule has 0 saturated heterocycles. The predicted octanol–water partition coefficient (Wildman–Crippen LogP) is 0.983. The molecule has 0 radical (unpaired) electrons. The Hall–Kier alpha value is -0.430. The summed E-state index contributed by atoms with van der Waals surface area (Å²) in [6.07, 6.45) is -1.32. The molecule has 0 fully saturated rings. The molecule has 0 bridgehead atoms. The normalized spacial score (nSPS) is 8.83. The Morgan fingerprint density at radius 3 is 1.50 bits per heavy atom. The molecule has 68 valence electrons. The lowest BCUT2D eigenvalue weighted by molar-refractivity contribution is -0.142. The highest BCUT2D eigenvalue weighted by Crippen LogP contribution is 1.92. The van der Waals surface area contributed by atoms with Gasteiger partial charge in [0.25, 0.3) is 0 Å². The van der Waals surface area contributed by atoms with Gasteiger partial charge >= 0.3 is 18.1 Å². The van der Waals surface area contributed by atoms with Crippen LogP contribution in [-0.4, -0.2) is 28.8 Å². The molecule has 0 aliphatic rings. The molecule has 0 atom stereocenters. The second kappa shape index (κ2) is 6.13. The lowest BCUT2D eigenvalue weighted by Crippen LogP contribution is -2.18. The van der Waals surface area contributed by atoms with Crippen molar-refractivity contribution in [2.24, 2.45) is 0 Å². The Morgan fingerprint density at radius 2 is 1.25 bits per heavy atom. The molecule has 0 amide bonds. The second-order valence-corrected chi connectivity index (χ2v) is 2.59. The highest BCUT2D eigenvalue weighted by molar-refractivity contribution is 9.09. The van der Waals surface area contributed by atoms with E-state index in [0.29, 0.717) is 0 Å². The van der Waals surface area contributed by atoms with E-state index in [1.54, 1.807) is 0 Å². The number of ether oxygens (including phenoxy) is 2. The van der Waals surface area contributed by atoms with E-state index >= 15 is 0 Å². The van der Waals surface area contributed by atoms with Gasteiger partial charge < -0.3 is 9.47 Å². The summed E-state index contributed by atoms with van der Waals surface area (Å²) in [5, 5.41) is -0.269. The minimum absolute atomic E-state index is 0.134. The fraction of sp³-hybridized carbons (Fsp3) is 0.400. The van der Waals surface area contributed by atoms with Gasteiger partial charge in [0.05, 0.1) is 0 Å². The average molecular weight is 304 g/mol. The molecule has 0 aliphatic carbocycles. The fourth-order valence-corrected chi connectivity index (χ4v) is 0.490. The summed E-state index contributed by atoms with van der Waals surface area (Å²) in [4.78, 5) is 31.3. The van der Waals surface area contributed by atoms with Gasteiger partial charge in [-0.3, -0.25) is 9.59 Å². The van der Waals surface area contributed by atoms with Crippen LogP contribution in [0.4, 0.5) is 4.79 Å². The highest BCUT2D eigenvalue weighted by Gasteiger charge is 2.13. The van der Waals surface area contributed by atoms with Gasteiger partial charge in [0.1, 0.15) is 10.7 Å². The molecule has 0 aromatic carbocycles. The van der Waals surface area contributed by atoms with E-state index in [0.717, 1.165) is 0 Å². The van der Waals surface area contributed by atoms with Gasteiger partial charge in [-0.2, -0.15) is 0 Å². The van der Waals surface area contributed by atoms with Crippen molar-refractivity contribution >= 4 is 50.0 Å². The van der Waals surface area contributed by atoms with Crippen LogP contribution in [0.2, 0.25) is 0 Å². The van der Waals surface area contributed by atoms with Gasteiger partial charge in [0.2, 0.25) is 0 Å². The van der Waals surface area contributed by atoms with Crippen LogP contribution in [-0.2, 0) is 19.1 Å². The summed E-state index contributed by atoms with van der Waals surface area (Å²) in [6.45, 7) is 0. The number of halogens is 2. The predicted molar refractivity (Wildman–Crippen MR) is 45.2 cm³/mol. The number of carbonyl (C=O) groups is 3. The summed E-state index contributed by atoms with van der Waals surface area (Å²) < 4.78 is 7.97. The van der Waals surface area contributed by atoms with Crippen molar-refractivity contribution in [2.45, 2.75) is 0 Å². The quantitative estimate of drug-likeness (QED) is 0.432. The van der Waals surface area contributed by atoms with E-state index < -0.39 is 18.1 Å². The van der Waals surface area contributed by atoms with Gasteiger partial charge in [-0.25, -0.2) is 4.79 Å². The van der Waals surface area contributed by atoms with Crippen LogP contribution < -0.4 is 0 Å². The maximum atomic E-state index is 10.5. The smallest absolute Gasteiger partial charge is 0.359 e. The maximum absolute atomic E-state index is 10.5. The Morgan fingerprint density at radius 1 is 0.917 bits per heavy atom. The SMILES string of the molecule is O=C(CBr)OC(=O)OC(=O)CBr. The Kier molecular flexibility index (Phi) is 5.91. The molecule has 0 rings (SSSR count). The van der Waals surface area contributed by atoms with E-state index in [2.05, 4.69) is 41.3 Å². The molecule has 0 aromatic rings. The molecule has 0 unspecified atom stereocenters. The molecule has 0 spiro atoms. The average Bonchev–Trinajstić information content (AvgIpc) is 2.03. The van der Waals surface area contributed by atoms with E-state index in [4.69, 9.17) is 0 Å². The summed E-state index contributed by atoms with van der Waals surface area (Å²) in [7, 11) is 0. The lowest BCUT2D eigenvalue weighted by atomic mass is 10.8. The van der Waals surface area contributed by atoms with Crippen LogP contribution in [0.5, 0.6) is 0 Å². The molecule has 5 nitrogen and oxygen atoms in total. The van der Waals surface area contributed by atoms with Crippen molar-refractivity contribution in [3.63, 3.8) is 0 Å². The summed E-state index contributed by atoms with van der Waals surface area (Å²) in [6, 6.07) is 0. The Bertz CT molecular complexity index is 182. The molecular formula is C5H4Br2O5. The number of esters is 2. The number of carbonyl (C=O) groups excluding carboxylic acids is 3. The van der Waals surface area contributed by atoms with Gasteiger partial charge in [0.15, 0.2) is 0 Å². The molecule has 0 aromatic heterocycles. The topological polar surface area (TPSA) is 69.7 Å². The van der Waals surface area contributed by atoms with Crippen LogP contribution in [0.15, 0.2) is 0 Å². The van der Waals surface area contributed by atoms with E-state index in [1.807, 2.05) is 0 Å². The van der Waals surface area contributed by atoms with Crippen molar-refractivity contribution in [3.05, 3.63) is 0 Å². The lowest BCUT2D eigenvalue weighted by Gasteiger charge is -1.98. The standard InChI is InChI=1S/C5H4Br2O5/c6-1-3(8)11-5(10)12-4(9)2-7/h1-2H2. The Labute approximate surface area is 84.6 Å². The second-order valence-electron chi connectivity index (χ2n) is 1.47. The zero-order valence-corrected chi connectivity index (χ0v) is 8.88. The van der Waals surface area contributed by atoms with Crippen LogP contribution >= 0.6 is 31.9 Å². The minimum Gasteiger partial charge on any atom is -0.359 e. The van der Waals surface area contributed by atoms with Crippen molar-refractivity contribution in [1.29, 1.82) is 0 Å². The first-order valence-electron chi connectivity index (χ1n) is 2.67. The first-order valence-corrected chi connectivity index (χ1v) is 4.91.